The third-order valence-corrected chi connectivity index (χ3v) is 13.7. The van der Waals surface area contributed by atoms with Gasteiger partial charge in [-0.05, 0) is 146 Å². The van der Waals surface area contributed by atoms with E-state index in [4.69, 9.17) is 0 Å². The summed E-state index contributed by atoms with van der Waals surface area (Å²) in [5.74, 6) is 0. The Morgan fingerprint density at radius 2 is 0.706 bits per heavy atom. The van der Waals surface area contributed by atoms with Crippen molar-refractivity contribution in [3.05, 3.63) is 166 Å². The Kier molecular flexibility index (Phi) is 10.7. The summed E-state index contributed by atoms with van der Waals surface area (Å²) in [5.41, 5.74) is 10.6. The molecule has 4 nitrogen and oxygen atoms in total. The largest absolute Gasteiger partial charge is 0.417 e. The van der Waals surface area contributed by atoms with Crippen molar-refractivity contribution in [2.75, 3.05) is 0 Å². The Morgan fingerprint density at radius 3 is 1.06 bits per heavy atom. The van der Waals surface area contributed by atoms with E-state index in [9.17, 15) is 10.5 Å². The molecule has 0 aliphatic heterocycles. The highest BCUT2D eigenvalue weighted by Crippen LogP contribution is 2.46. The van der Waals surface area contributed by atoms with Crippen molar-refractivity contribution in [3.8, 4) is 45.8 Å². The van der Waals surface area contributed by atoms with Gasteiger partial charge in [-0.2, -0.15) is 23.7 Å². The van der Waals surface area contributed by atoms with Crippen LogP contribution in [0.4, 0.5) is 13.2 Å². The molecule has 342 valence electrons. The molecule has 0 bridgehead atoms. The second-order valence-electron chi connectivity index (χ2n) is 22.5. The first kappa shape index (κ1) is 46.0. The maximum atomic E-state index is 15.1. The minimum Gasteiger partial charge on any atom is -0.309 e. The van der Waals surface area contributed by atoms with Gasteiger partial charge in [0.1, 0.15) is 0 Å². The van der Waals surface area contributed by atoms with E-state index < -0.39 is 11.7 Å². The van der Waals surface area contributed by atoms with E-state index in [-0.39, 0.29) is 32.8 Å². The number of aromatic nitrogens is 2. The Morgan fingerprint density at radius 1 is 0.368 bits per heavy atom. The first-order chi connectivity index (χ1) is 31.8. The summed E-state index contributed by atoms with van der Waals surface area (Å²) in [5, 5.41) is 24.6. The Balaban J connectivity index is 1.45. The minimum absolute atomic E-state index is 0.0459. The van der Waals surface area contributed by atoms with Crippen LogP contribution in [-0.2, 0) is 27.8 Å². The van der Waals surface area contributed by atoms with Crippen LogP contribution in [0.25, 0.3) is 77.2 Å². The van der Waals surface area contributed by atoms with Gasteiger partial charge in [0.05, 0.1) is 62.3 Å². The van der Waals surface area contributed by atoms with Crippen LogP contribution in [0.5, 0.6) is 0 Å². The van der Waals surface area contributed by atoms with Crippen LogP contribution in [0, 0.1) is 22.7 Å². The van der Waals surface area contributed by atoms with Crippen LogP contribution in [0.15, 0.2) is 127 Å². The lowest BCUT2D eigenvalue weighted by Crippen LogP contribution is -2.10. The van der Waals surface area contributed by atoms with Gasteiger partial charge in [0.25, 0.3) is 0 Å². The molecule has 9 rings (SSSR count). The van der Waals surface area contributed by atoms with Crippen LogP contribution in [-0.4, -0.2) is 9.13 Å². The zero-order chi connectivity index (χ0) is 49.0. The summed E-state index contributed by atoms with van der Waals surface area (Å²) in [4.78, 5) is 0. The Hall–Kier alpha value is -7.09. The third-order valence-electron chi connectivity index (χ3n) is 13.7. The van der Waals surface area contributed by atoms with Gasteiger partial charge in [-0.15, -0.1) is 0 Å². The zero-order valence-corrected chi connectivity index (χ0v) is 41.0. The van der Waals surface area contributed by atoms with Crippen LogP contribution >= 0.6 is 0 Å². The predicted octanol–water partition coefficient (Wildman–Crippen LogP) is 17.2. The Bertz CT molecular complexity index is 3470. The van der Waals surface area contributed by atoms with Crippen LogP contribution in [0.2, 0.25) is 0 Å². The summed E-state index contributed by atoms with van der Waals surface area (Å²) in [7, 11) is 0. The molecule has 68 heavy (non-hydrogen) atoms. The molecule has 2 heterocycles. The minimum atomic E-state index is -4.74. The second-order valence-corrected chi connectivity index (χ2v) is 22.5. The number of nitrogens with zero attached hydrogens (tertiary/aromatic N) is 4. The van der Waals surface area contributed by atoms with E-state index in [0.717, 1.165) is 61.1 Å². The molecule has 0 aliphatic carbocycles. The van der Waals surface area contributed by atoms with Crippen LogP contribution < -0.4 is 0 Å². The summed E-state index contributed by atoms with van der Waals surface area (Å²) in [6, 6.07) is 45.6. The quantitative estimate of drug-likeness (QED) is 0.177. The molecule has 0 radical (unpaired) electrons. The van der Waals surface area contributed by atoms with Gasteiger partial charge in [-0.3, -0.25) is 0 Å². The molecule has 0 saturated carbocycles. The summed E-state index contributed by atoms with van der Waals surface area (Å²) >= 11 is 0. The van der Waals surface area contributed by atoms with Crippen molar-refractivity contribution in [1.29, 1.82) is 10.5 Å². The smallest absolute Gasteiger partial charge is 0.309 e. The van der Waals surface area contributed by atoms with Gasteiger partial charge in [-0.1, -0.05) is 119 Å². The average molecular weight is 903 g/mol. The normalized spacial score (nSPS) is 12.9. The van der Waals surface area contributed by atoms with E-state index in [2.05, 4.69) is 171 Å². The monoisotopic (exact) mass is 902 g/mol. The van der Waals surface area contributed by atoms with Gasteiger partial charge < -0.3 is 9.13 Å². The molecule has 2 aromatic heterocycles. The standard InChI is InChI=1S/C61H57F3N4/c1-57(2,3)39-16-23-53-46(30-39)47-31-40(58(4,5)6)17-24-54(47)67(53)51-21-14-36(34-65)27-44(51)45-29-38(43-20-13-37(35-66)28-50(43)61(62,63)64)15-22-52(45)68-55-25-18-41(59(7,8)9)32-48(55)49-33-42(60(10,11)12)19-26-56(49)68/h13-33H,1-12H3. The Labute approximate surface area is 397 Å². The molecule has 9 aromatic rings. The van der Waals surface area contributed by atoms with E-state index in [1.807, 2.05) is 36.4 Å². The molecule has 0 amide bonds. The van der Waals surface area contributed by atoms with Gasteiger partial charge in [-0.25, -0.2) is 0 Å². The van der Waals surface area contributed by atoms with Gasteiger partial charge >= 0.3 is 6.18 Å². The van der Waals surface area contributed by atoms with E-state index in [0.29, 0.717) is 22.3 Å². The number of fused-ring (bicyclic) bond motifs is 6. The number of hydrogen-bond donors (Lipinski definition) is 0. The molecule has 0 atom stereocenters. The predicted molar refractivity (Wildman–Crippen MR) is 275 cm³/mol. The molecular weight excluding hydrogens is 846 g/mol. The van der Waals surface area contributed by atoms with Crippen molar-refractivity contribution in [2.24, 2.45) is 0 Å². The highest BCUT2D eigenvalue weighted by atomic mass is 19.4. The van der Waals surface area contributed by atoms with Crippen molar-refractivity contribution in [1.82, 2.24) is 9.13 Å². The first-order valence-electron chi connectivity index (χ1n) is 23.3. The number of alkyl halides is 3. The molecule has 0 aliphatic rings. The SMILES string of the molecule is CC(C)(C)c1ccc2c(c1)c1cc(C(C)(C)C)ccc1n2-c1ccc(C#N)cc1-c1cc(-c2ccc(C#N)cc2C(F)(F)F)ccc1-n1c2ccc(C(C)(C)C)cc2c2cc(C(C)(C)C)ccc21. The van der Waals surface area contributed by atoms with Crippen molar-refractivity contribution < 1.29 is 13.2 Å². The molecular formula is C61H57F3N4. The molecule has 0 unspecified atom stereocenters. The fourth-order valence-electron chi connectivity index (χ4n) is 9.66. The lowest BCUT2D eigenvalue weighted by atomic mass is 9.85. The number of rotatable bonds is 4. The molecule has 7 heteroatoms. The fourth-order valence-corrected chi connectivity index (χ4v) is 9.66. The molecule has 0 spiro atoms. The number of benzene rings is 7. The number of halogens is 3. The van der Waals surface area contributed by atoms with Crippen molar-refractivity contribution in [2.45, 2.75) is 111 Å². The molecule has 0 saturated heterocycles. The third kappa shape index (κ3) is 7.92. The topological polar surface area (TPSA) is 57.4 Å². The summed E-state index contributed by atoms with van der Waals surface area (Å²) in [6.07, 6.45) is -4.74. The van der Waals surface area contributed by atoms with Crippen LogP contribution in [0.1, 0.15) is 122 Å². The second kappa shape index (κ2) is 15.7. The zero-order valence-electron chi connectivity index (χ0n) is 41.0. The van der Waals surface area contributed by atoms with Gasteiger partial charge in [0, 0.05) is 32.7 Å². The lowest BCUT2D eigenvalue weighted by Gasteiger charge is -2.22. The van der Waals surface area contributed by atoms with Gasteiger partial charge in [0.2, 0.25) is 0 Å². The van der Waals surface area contributed by atoms with Crippen molar-refractivity contribution >= 4 is 43.6 Å². The fraction of sp³-hybridized carbons (Fsp3) is 0.279. The van der Waals surface area contributed by atoms with E-state index in [1.54, 1.807) is 6.07 Å². The number of hydrogen-bond acceptors (Lipinski definition) is 2. The average Bonchev–Trinajstić information content (AvgIpc) is 3.78. The maximum absolute atomic E-state index is 15.1. The highest BCUT2D eigenvalue weighted by Gasteiger charge is 2.35. The van der Waals surface area contributed by atoms with Crippen LogP contribution in [0.3, 0.4) is 0 Å². The maximum Gasteiger partial charge on any atom is 0.417 e. The summed E-state index contributed by atoms with van der Waals surface area (Å²) in [6.45, 7) is 26.5. The molecule has 0 N–H and O–H groups in total. The van der Waals surface area contributed by atoms with E-state index >= 15 is 13.2 Å². The van der Waals surface area contributed by atoms with Gasteiger partial charge in [0.15, 0.2) is 0 Å². The van der Waals surface area contributed by atoms with Crippen molar-refractivity contribution in [3.63, 3.8) is 0 Å². The lowest BCUT2D eigenvalue weighted by molar-refractivity contribution is -0.137. The summed E-state index contributed by atoms with van der Waals surface area (Å²) < 4.78 is 49.6. The highest BCUT2D eigenvalue weighted by molar-refractivity contribution is 6.12. The first-order valence-corrected chi connectivity index (χ1v) is 23.3. The number of nitriles is 2. The molecule has 0 fully saturated rings. The van der Waals surface area contributed by atoms with E-state index in [1.165, 1.54) is 34.4 Å². The molecule has 7 aromatic carbocycles.